The molecule has 76 valence electrons. The molecule has 1 unspecified atom stereocenters. The largest absolute Gasteiger partial charge is 0.465 e. The Bertz CT molecular complexity index is 175. The van der Waals surface area contributed by atoms with Gasteiger partial charge in [-0.2, -0.15) is 0 Å². The summed E-state index contributed by atoms with van der Waals surface area (Å²) in [4.78, 5) is 12.5. The van der Waals surface area contributed by atoms with Crippen LogP contribution in [0.25, 0.3) is 0 Å². The van der Waals surface area contributed by atoms with Crippen LogP contribution in [0.2, 0.25) is 0 Å². The quantitative estimate of drug-likeness (QED) is 0.567. The van der Waals surface area contributed by atoms with Crippen LogP contribution in [0.15, 0.2) is 0 Å². The van der Waals surface area contributed by atoms with Gasteiger partial charge in [0.1, 0.15) is 0 Å². The predicted molar refractivity (Wildman–Crippen MR) is 47.7 cm³/mol. The maximum absolute atomic E-state index is 10.3. The van der Waals surface area contributed by atoms with E-state index >= 15 is 0 Å². The summed E-state index contributed by atoms with van der Waals surface area (Å²) in [5, 5.41) is 19.5. The summed E-state index contributed by atoms with van der Waals surface area (Å²) in [5.41, 5.74) is 0. The fourth-order valence-corrected chi connectivity index (χ4v) is 1.62. The van der Waals surface area contributed by atoms with Gasteiger partial charge in [0, 0.05) is 32.3 Å². The average molecular weight is 188 g/mol. The summed E-state index contributed by atoms with van der Waals surface area (Å²) < 4.78 is 0. The fraction of sp³-hybridized carbons (Fsp3) is 0.875. The maximum atomic E-state index is 10.3. The Labute approximate surface area is 77.3 Å². The molecule has 1 saturated heterocycles. The number of likely N-dealkylation sites (tertiary alicyclic amines) is 1. The molecule has 1 fully saturated rings. The minimum absolute atomic E-state index is 0.0659. The van der Waals surface area contributed by atoms with E-state index in [4.69, 9.17) is 10.2 Å². The first-order chi connectivity index (χ1) is 6.22. The van der Waals surface area contributed by atoms with Crippen molar-refractivity contribution in [2.75, 3.05) is 26.2 Å². The summed E-state index contributed by atoms with van der Waals surface area (Å²) in [6, 6.07) is 0.0659. The Kier molecular flexibility index (Phi) is 3.98. The van der Waals surface area contributed by atoms with Crippen molar-refractivity contribution in [1.29, 1.82) is 0 Å². The van der Waals surface area contributed by atoms with Gasteiger partial charge in [0.05, 0.1) is 0 Å². The zero-order valence-electron chi connectivity index (χ0n) is 7.57. The van der Waals surface area contributed by atoms with E-state index in [0.29, 0.717) is 0 Å². The molecule has 1 heterocycles. The summed E-state index contributed by atoms with van der Waals surface area (Å²) >= 11 is 0. The maximum Gasteiger partial charge on any atom is 0.404 e. The van der Waals surface area contributed by atoms with Crippen LogP contribution in [-0.4, -0.2) is 53.5 Å². The Hall–Kier alpha value is -0.810. The highest BCUT2D eigenvalue weighted by atomic mass is 16.4. The van der Waals surface area contributed by atoms with E-state index in [2.05, 4.69) is 10.2 Å². The van der Waals surface area contributed by atoms with Crippen molar-refractivity contribution in [3.8, 4) is 0 Å². The van der Waals surface area contributed by atoms with Crippen molar-refractivity contribution in [2.45, 2.75) is 18.9 Å². The molecule has 0 saturated carbocycles. The number of nitrogens with zero attached hydrogens (tertiary/aromatic N) is 1. The molecular formula is C8H16N2O3. The van der Waals surface area contributed by atoms with E-state index in [-0.39, 0.29) is 12.6 Å². The first-order valence-electron chi connectivity index (χ1n) is 4.55. The smallest absolute Gasteiger partial charge is 0.404 e. The molecule has 5 heteroatoms. The van der Waals surface area contributed by atoms with Crippen LogP contribution in [0.1, 0.15) is 12.8 Å². The van der Waals surface area contributed by atoms with Crippen LogP contribution >= 0.6 is 0 Å². The number of rotatable bonds is 4. The average Bonchev–Trinajstić information content (AvgIpc) is 2.48. The van der Waals surface area contributed by atoms with E-state index in [1.54, 1.807) is 0 Å². The van der Waals surface area contributed by atoms with Gasteiger partial charge >= 0.3 is 6.09 Å². The van der Waals surface area contributed by atoms with Crippen LogP contribution < -0.4 is 5.32 Å². The molecule has 5 nitrogen and oxygen atoms in total. The van der Waals surface area contributed by atoms with Gasteiger partial charge in [0.15, 0.2) is 0 Å². The summed E-state index contributed by atoms with van der Waals surface area (Å²) in [7, 11) is 0. The first-order valence-corrected chi connectivity index (χ1v) is 4.55. The van der Waals surface area contributed by atoms with Crippen LogP contribution in [-0.2, 0) is 0 Å². The number of aliphatic hydroxyl groups excluding tert-OH is 1. The van der Waals surface area contributed by atoms with E-state index in [0.717, 1.165) is 32.5 Å². The minimum atomic E-state index is -0.950. The van der Waals surface area contributed by atoms with Crippen molar-refractivity contribution < 1.29 is 15.0 Å². The molecule has 13 heavy (non-hydrogen) atoms. The molecule has 0 bridgehead atoms. The highest BCUT2D eigenvalue weighted by molar-refractivity contribution is 5.64. The molecule has 3 N–H and O–H groups in total. The molecule has 1 atom stereocenters. The monoisotopic (exact) mass is 188 g/mol. The third kappa shape index (κ3) is 3.61. The van der Waals surface area contributed by atoms with Gasteiger partial charge < -0.3 is 20.4 Å². The molecule has 1 rings (SSSR count). The van der Waals surface area contributed by atoms with Crippen molar-refractivity contribution >= 4 is 6.09 Å². The fourth-order valence-electron chi connectivity index (χ4n) is 1.62. The second-order valence-electron chi connectivity index (χ2n) is 3.31. The SMILES string of the molecule is O=C(O)NC1CCN(CCCO)C1. The highest BCUT2D eigenvalue weighted by Crippen LogP contribution is 2.08. The zero-order valence-corrected chi connectivity index (χ0v) is 7.57. The molecule has 1 amide bonds. The van der Waals surface area contributed by atoms with Crippen LogP contribution in [0.5, 0.6) is 0 Å². The molecule has 0 spiro atoms. The molecule has 0 radical (unpaired) electrons. The predicted octanol–water partition coefficient (Wildman–Crippen LogP) is -0.289. The summed E-state index contributed by atoms with van der Waals surface area (Å²) in [6.45, 7) is 2.75. The zero-order chi connectivity index (χ0) is 9.68. The topological polar surface area (TPSA) is 72.8 Å². The standard InChI is InChI=1S/C8H16N2O3/c11-5-1-3-10-4-2-7(6-10)9-8(12)13/h7,9,11H,1-6H2,(H,12,13). The van der Waals surface area contributed by atoms with Crippen LogP contribution in [0.4, 0.5) is 4.79 Å². The minimum Gasteiger partial charge on any atom is -0.465 e. The highest BCUT2D eigenvalue weighted by Gasteiger charge is 2.22. The number of hydrogen-bond donors (Lipinski definition) is 3. The molecule has 0 aromatic heterocycles. The van der Waals surface area contributed by atoms with Crippen molar-refractivity contribution in [3.05, 3.63) is 0 Å². The molecule has 0 aromatic carbocycles. The Morgan fingerprint density at radius 3 is 3.00 bits per heavy atom. The number of amides is 1. The number of hydrogen-bond acceptors (Lipinski definition) is 3. The van der Waals surface area contributed by atoms with Gasteiger partial charge in [-0.25, -0.2) is 4.79 Å². The molecule has 0 aliphatic carbocycles. The number of nitrogens with one attached hydrogen (secondary N) is 1. The van der Waals surface area contributed by atoms with E-state index < -0.39 is 6.09 Å². The second-order valence-corrected chi connectivity index (χ2v) is 3.31. The van der Waals surface area contributed by atoms with Gasteiger partial charge in [-0.1, -0.05) is 0 Å². The third-order valence-electron chi connectivity index (χ3n) is 2.23. The Balaban J connectivity index is 2.16. The third-order valence-corrected chi connectivity index (χ3v) is 2.23. The summed E-state index contributed by atoms with van der Waals surface area (Å²) in [6.07, 6.45) is 0.686. The lowest BCUT2D eigenvalue weighted by Crippen LogP contribution is -2.36. The lowest BCUT2D eigenvalue weighted by atomic mass is 10.3. The number of carbonyl (C=O) groups is 1. The summed E-state index contributed by atoms with van der Waals surface area (Å²) in [5.74, 6) is 0. The number of aliphatic hydroxyl groups is 1. The lowest BCUT2D eigenvalue weighted by molar-refractivity contribution is 0.189. The Morgan fingerprint density at radius 1 is 1.62 bits per heavy atom. The molecule has 1 aliphatic rings. The molecular weight excluding hydrogens is 172 g/mol. The van der Waals surface area contributed by atoms with E-state index in [1.807, 2.05) is 0 Å². The normalized spacial score (nSPS) is 23.3. The van der Waals surface area contributed by atoms with Gasteiger partial charge in [-0.15, -0.1) is 0 Å². The molecule has 1 aliphatic heterocycles. The van der Waals surface area contributed by atoms with Crippen molar-refractivity contribution in [1.82, 2.24) is 10.2 Å². The van der Waals surface area contributed by atoms with Crippen molar-refractivity contribution in [3.63, 3.8) is 0 Å². The van der Waals surface area contributed by atoms with Gasteiger partial charge in [0.25, 0.3) is 0 Å². The van der Waals surface area contributed by atoms with E-state index in [1.165, 1.54) is 0 Å². The first kappa shape index (κ1) is 10.3. The van der Waals surface area contributed by atoms with Gasteiger partial charge in [-0.3, -0.25) is 0 Å². The van der Waals surface area contributed by atoms with Crippen LogP contribution in [0, 0.1) is 0 Å². The van der Waals surface area contributed by atoms with Gasteiger partial charge in [0.2, 0.25) is 0 Å². The molecule has 0 aromatic rings. The second kappa shape index (κ2) is 5.04. The van der Waals surface area contributed by atoms with Crippen LogP contribution in [0.3, 0.4) is 0 Å². The van der Waals surface area contributed by atoms with E-state index in [9.17, 15) is 4.79 Å². The van der Waals surface area contributed by atoms with Crippen molar-refractivity contribution in [2.24, 2.45) is 0 Å². The Morgan fingerprint density at radius 2 is 2.38 bits per heavy atom. The van der Waals surface area contributed by atoms with Gasteiger partial charge in [-0.05, 0) is 12.8 Å². The number of carboxylic acid groups (broad SMARTS) is 1. The lowest BCUT2D eigenvalue weighted by Gasteiger charge is -2.14.